The predicted molar refractivity (Wildman–Crippen MR) is 72.2 cm³/mol. The molecule has 7 nitrogen and oxygen atoms in total. The van der Waals surface area contributed by atoms with Gasteiger partial charge < -0.3 is 18.6 Å². The van der Waals surface area contributed by atoms with Crippen molar-refractivity contribution in [3.8, 4) is 17.7 Å². The van der Waals surface area contributed by atoms with Crippen LogP contribution in [-0.2, 0) is 22.1 Å². The first-order chi connectivity index (χ1) is 10.2. The molecule has 21 heavy (non-hydrogen) atoms. The lowest BCUT2D eigenvalue weighted by molar-refractivity contribution is -0.101. The molecule has 0 bridgehead atoms. The Labute approximate surface area is 122 Å². The maximum atomic E-state index is 8.95. The second-order valence-corrected chi connectivity index (χ2v) is 5.07. The van der Waals surface area contributed by atoms with Gasteiger partial charge in [0, 0.05) is 46.4 Å². The van der Waals surface area contributed by atoms with Gasteiger partial charge in [-0.15, -0.1) is 0 Å². The van der Waals surface area contributed by atoms with Crippen LogP contribution in [0.25, 0.3) is 11.6 Å². The van der Waals surface area contributed by atoms with Crippen molar-refractivity contribution < 1.29 is 14.0 Å². The van der Waals surface area contributed by atoms with Gasteiger partial charge in [-0.3, -0.25) is 0 Å². The highest BCUT2D eigenvalue weighted by molar-refractivity contribution is 5.52. The van der Waals surface area contributed by atoms with E-state index in [1.54, 1.807) is 23.9 Å². The van der Waals surface area contributed by atoms with E-state index < -0.39 is 5.60 Å². The summed E-state index contributed by atoms with van der Waals surface area (Å²) in [6.07, 6.45) is 3.11. The summed E-state index contributed by atoms with van der Waals surface area (Å²) >= 11 is 0. The average molecular weight is 288 g/mol. The predicted octanol–water partition coefficient (Wildman–Crippen LogP) is 1.60. The highest BCUT2D eigenvalue weighted by atomic mass is 16.5. The third-order valence-electron chi connectivity index (χ3n) is 3.88. The van der Waals surface area contributed by atoms with Crippen LogP contribution in [-0.4, -0.2) is 35.0 Å². The van der Waals surface area contributed by atoms with E-state index >= 15 is 0 Å². The van der Waals surface area contributed by atoms with Gasteiger partial charge in [0.2, 0.25) is 5.82 Å². The van der Waals surface area contributed by atoms with Gasteiger partial charge in [-0.2, -0.15) is 10.2 Å². The highest BCUT2D eigenvalue weighted by Crippen LogP contribution is 2.34. The zero-order valence-corrected chi connectivity index (χ0v) is 12.0. The molecule has 7 heteroatoms. The molecule has 0 spiro atoms. The average Bonchev–Trinajstić information content (AvgIpc) is 3.14. The molecular weight excluding hydrogens is 272 g/mol. The molecule has 0 aliphatic carbocycles. The Kier molecular flexibility index (Phi) is 3.49. The Hall–Kier alpha value is -2.17. The fraction of sp³-hybridized carbons (Fsp3) is 0.500. The summed E-state index contributed by atoms with van der Waals surface area (Å²) in [7, 11) is 3.48. The maximum absolute atomic E-state index is 8.95. The van der Waals surface area contributed by atoms with Crippen LogP contribution in [0.3, 0.4) is 0 Å². The zero-order valence-electron chi connectivity index (χ0n) is 12.0. The summed E-state index contributed by atoms with van der Waals surface area (Å²) in [4.78, 5) is 4.47. The molecule has 1 aliphatic rings. The Morgan fingerprint density at radius 2 is 2.19 bits per heavy atom. The minimum atomic E-state index is -0.552. The Morgan fingerprint density at radius 3 is 2.81 bits per heavy atom. The highest BCUT2D eigenvalue weighted by Gasteiger charge is 2.39. The number of nitrogens with zero attached hydrogens (tertiary/aromatic N) is 4. The molecule has 0 radical (unpaired) electrons. The maximum Gasteiger partial charge on any atom is 0.274 e. The molecule has 0 amide bonds. The van der Waals surface area contributed by atoms with Crippen molar-refractivity contribution in [2.45, 2.75) is 18.4 Å². The summed E-state index contributed by atoms with van der Waals surface area (Å²) in [5.74, 6) is 0.917. The number of rotatable bonds is 3. The van der Waals surface area contributed by atoms with Crippen LogP contribution < -0.4 is 0 Å². The largest absolute Gasteiger partial charge is 0.381 e. The minimum absolute atomic E-state index is 0.386. The van der Waals surface area contributed by atoms with Crippen LogP contribution in [0.5, 0.6) is 0 Å². The van der Waals surface area contributed by atoms with Crippen LogP contribution in [0, 0.1) is 11.3 Å². The number of aryl methyl sites for hydroxylation is 1. The van der Waals surface area contributed by atoms with E-state index in [4.69, 9.17) is 19.3 Å². The molecule has 0 N–H and O–H groups in total. The summed E-state index contributed by atoms with van der Waals surface area (Å²) in [6.45, 7) is 1.22. The summed E-state index contributed by atoms with van der Waals surface area (Å²) in [5, 5.41) is 13.0. The smallest absolute Gasteiger partial charge is 0.274 e. The molecule has 1 fully saturated rings. The fourth-order valence-electron chi connectivity index (χ4n) is 2.57. The second-order valence-electron chi connectivity index (χ2n) is 5.07. The van der Waals surface area contributed by atoms with Gasteiger partial charge in [-0.25, -0.2) is 0 Å². The molecule has 3 rings (SSSR count). The molecule has 3 heterocycles. The molecule has 0 unspecified atom stereocenters. The molecular formula is C14H16N4O3. The van der Waals surface area contributed by atoms with E-state index in [2.05, 4.69) is 16.2 Å². The van der Waals surface area contributed by atoms with Crippen molar-refractivity contribution in [3.05, 3.63) is 23.7 Å². The molecule has 2 aromatic rings. The van der Waals surface area contributed by atoms with Crippen molar-refractivity contribution in [2.24, 2.45) is 7.05 Å². The molecule has 1 aliphatic heterocycles. The van der Waals surface area contributed by atoms with Crippen molar-refractivity contribution in [1.82, 2.24) is 14.7 Å². The van der Waals surface area contributed by atoms with Crippen molar-refractivity contribution >= 4 is 0 Å². The number of hydrogen-bond donors (Lipinski definition) is 0. The van der Waals surface area contributed by atoms with E-state index in [0.29, 0.717) is 49.0 Å². The SMILES string of the molecule is COC1(c2noc(-c3cc(C#N)cn3C)n2)CCOCC1. The van der Waals surface area contributed by atoms with Crippen LogP contribution in [0.15, 0.2) is 16.8 Å². The molecule has 1 saturated heterocycles. The number of methoxy groups -OCH3 is 1. The number of nitriles is 1. The van der Waals surface area contributed by atoms with Crippen molar-refractivity contribution in [1.29, 1.82) is 5.26 Å². The van der Waals surface area contributed by atoms with Gasteiger partial charge in [0.25, 0.3) is 5.89 Å². The Balaban J connectivity index is 1.95. The van der Waals surface area contributed by atoms with E-state index in [0.717, 1.165) is 0 Å². The molecule has 0 saturated carbocycles. The van der Waals surface area contributed by atoms with E-state index in [-0.39, 0.29) is 0 Å². The summed E-state index contributed by atoms with van der Waals surface area (Å²) in [5.41, 5.74) is 0.715. The molecule has 2 aromatic heterocycles. The van der Waals surface area contributed by atoms with Gasteiger partial charge in [0.1, 0.15) is 17.4 Å². The van der Waals surface area contributed by atoms with Crippen molar-refractivity contribution in [3.63, 3.8) is 0 Å². The number of hydrogen-bond acceptors (Lipinski definition) is 6. The molecule has 110 valence electrons. The monoisotopic (exact) mass is 288 g/mol. The van der Waals surface area contributed by atoms with Gasteiger partial charge in [-0.1, -0.05) is 5.16 Å². The second kappa shape index (κ2) is 5.31. The van der Waals surface area contributed by atoms with Crippen LogP contribution in [0.2, 0.25) is 0 Å². The van der Waals surface area contributed by atoms with Gasteiger partial charge >= 0.3 is 0 Å². The topological polar surface area (TPSA) is 86.1 Å². The first-order valence-electron chi connectivity index (χ1n) is 6.72. The molecule has 0 aromatic carbocycles. The normalized spacial score (nSPS) is 17.6. The lowest BCUT2D eigenvalue weighted by Gasteiger charge is -2.32. The van der Waals surface area contributed by atoms with E-state index in [1.165, 1.54) is 0 Å². The third kappa shape index (κ3) is 2.33. The summed E-state index contributed by atoms with van der Waals surface area (Å²) in [6, 6.07) is 3.82. The van der Waals surface area contributed by atoms with Gasteiger partial charge in [-0.05, 0) is 6.07 Å². The summed E-state index contributed by atoms with van der Waals surface area (Å²) < 4.78 is 18.2. The minimum Gasteiger partial charge on any atom is -0.381 e. The van der Waals surface area contributed by atoms with Crippen LogP contribution in [0.4, 0.5) is 0 Å². The Bertz CT molecular complexity index is 677. The zero-order chi connectivity index (χ0) is 14.9. The van der Waals surface area contributed by atoms with E-state index in [9.17, 15) is 0 Å². The van der Waals surface area contributed by atoms with Gasteiger partial charge in [0.05, 0.1) is 5.56 Å². The quantitative estimate of drug-likeness (QED) is 0.852. The van der Waals surface area contributed by atoms with Crippen molar-refractivity contribution in [2.75, 3.05) is 20.3 Å². The van der Waals surface area contributed by atoms with E-state index in [1.807, 2.05) is 7.05 Å². The molecule has 0 atom stereocenters. The number of ether oxygens (including phenoxy) is 2. The standard InChI is InChI=1S/C14H16N4O3/c1-18-9-10(8-15)7-11(18)12-16-13(17-21-12)14(19-2)3-5-20-6-4-14/h7,9H,3-6H2,1-2H3. The van der Waals surface area contributed by atoms with Crippen LogP contribution >= 0.6 is 0 Å². The third-order valence-corrected chi connectivity index (χ3v) is 3.88. The fourth-order valence-corrected chi connectivity index (χ4v) is 2.57. The lowest BCUT2D eigenvalue weighted by Crippen LogP contribution is -2.36. The number of aromatic nitrogens is 3. The lowest BCUT2D eigenvalue weighted by atomic mass is 9.93. The Morgan fingerprint density at radius 1 is 1.43 bits per heavy atom. The van der Waals surface area contributed by atoms with Gasteiger partial charge in [0.15, 0.2) is 0 Å². The first kappa shape index (κ1) is 13.8. The first-order valence-corrected chi connectivity index (χ1v) is 6.72. The van der Waals surface area contributed by atoms with Crippen LogP contribution in [0.1, 0.15) is 24.2 Å².